The summed E-state index contributed by atoms with van der Waals surface area (Å²) in [4.78, 5) is 24.9. The Morgan fingerprint density at radius 3 is 2.66 bits per heavy atom. The SMILES string of the molecule is CCOc1c(Cl)cc(C(=O)O[C@@H](C)C(=O)Nc2ccc3c(c2)CCC3)cc1OC. The lowest BCUT2D eigenvalue weighted by Crippen LogP contribution is -2.30. The van der Waals surface area contributed by atoms with Crippen molar-refractivity contribution in [1.82, 2.24) is 0 Å². The molecule has 0 unspecified atom stereocenters. The second-order valence-electron chi connectivity index (χ2n) is 6.80. The summed E-state index contributed by atoms with van der Waals surface area (Å²) >= 11 is 6.20. The van der Waals surface area contributed by atoms with Gasteiger partial charge in [-0.05, 0) is 68.5 Å². The number of hydrogen-bond acceptors (Lipinski definition) is 5. The van der Waals surface area contributed by atoms with E-state index < -0.39 is 18.0 Å². The Kier molecular flexibility index (Phi) is 6.64. The molecule has 0 heterocycles. The highest BCUT2D eigenvalue weighted by Gasteiger charge is 2.22. The average Bonchev–Trinajstić information content (AvgIpc) is 3.17. The van der Waals surface area contributed by atoms with Crippen LogP contribution in [0.15, 0.2) is 30.3 Å². The minimum atomic E-state index is -0.980. The van der Waals surface area contributed by atoms with Crippen LogP contribution in [0.1, 0.15) is 41.8 Å². The van der Waals surface area contributed by atoms with E-state index in [9.17, 15) is 9.59 Å². The second-order valence-corrected chi connectivity index (χ2v) is 7.20. The number of methoxy groups -OCH3 is 1. The van der Waals surface area contributed by atoms with Gasteiger partial charge < -0.3 is 19.5 Å². The number of aryl methyl sites for hydroxylation is 2. The van der Waals surface area contributed by atoms with Crippen molar-refractivity contribution in [3.8, 4) is 11.5 Å². The van der Waals surface area contributed by atoms with Crippen molar-refractivity contribution >= 4 is 29.2 Å². The Morgan fingerprint density at radius 1 is 1.17 bits per heavy atom. The molecule has 154 valence electrons. The maximum absolute atomic E-state index is 12.5. The van der Waals surface area contributed by atoms with Gasteiger partial charge in [-0.1, -0.05) is 17.7 Å². The van der Waals surface area contributed by atoms with Gasteiger partial charge in [-0.3, -0.25) is 4.79 Å². The molecule has 0 saturated carbocycles. The smallest absolute Gasteiger partial charge is 0.339 e. The minimum Gasteiger partial charge on any atom is -0.493 e. The minimum absolute atomic E-state index is 0.174. The van der Waals surface area contributed by atoms with Gasteiger partial charge >= 0.3 is 5.97 Å². The number of ether oxygens (including phenoxy) is 3. The van der Waals surface area contributed by atoms with Crippen LogP contribution < -0.4 is 14.8 Å². The molecule has 6 nitrogen and oxygen atoms in total. The molecular formula is C22H24ClNO5. The lowest BCUT2D eigenvalue weighted by Gasteiger charge is -2.16. The molecule has 0 spiro atoms. The van der Waals surface area contributed by atoms with Crippen molar-refractivity contribution in [3.63, 3.8) is 0 Å². The monoisotopic (exact) mass is 417 g/mol. The summed E-state index contributed by atoms with van der Waals surface area (Å²) in [6, 6.07) is 8.79. The highest BCUT2D eigenvalue weighted by atomic mass is 35.5. The maximum Gasteiger partial charge on any atom is 0.339 e. The molecule has 2 aromatic rings. The number of carbonyl (C=O) groups excluding carboxylic acids is 2. The van der Waals surface area contributed by atoms with Crippen LogP contribution in [0.2, 0.25) is 5.02 Å². The van der Waals surface area contributed by atoms with Crippen molar-refractivity contribution in [2.45, 2.75) is 39.2 Å². The summed E-state index contributed by atoms with van der Waals surface area (Å²) in [6.45, 7) is 3.74. The van der Waals surface area contributed by atoms with Crippen molar-refractivity contribution in [1.29, 1.82) is 0 Å². The summed E-state index contributed by atoms with van der Waals surface area (Å²) in [7, 11) is 1.45. The molecular weight excluding hydrogens is 394 g/mol. The molecule has 1 atom stereocenters. The van der Waals surface area contributed by atoms with E-state index in [1.54, 1.807) is 0 Å². The van der Waals surface area contributed by atoms with Crippen LogP contribution in [-0.4, -0.2) is 31.7 Å². The Bertz CT molecular complexity index is 928. The molecule has 1 aliphatic rings. The largest absolute Gasteiger partial charge is 0.493 e. The first-order valence-corrected chi connectivity index (χ1v) is 9.94. The fraction of sp³-hybridized carbons (Fsp3) is 0.364. The number of esters is 1. The van der Waals surface area contributed by atoms with E-state index in [0.29, 0.717) is 23.8 Å². The van der Waals surface area contributed by atoms with Gasteiger partial charge in [0, 0.05) is 5.69 Å². The Balaban J connectivity index is 1.66. The summed E-state index contributed by atoms with van der Waals surface area (Å²) in [5.41, 5.74) is 3.45. The summed E-state index contributed by atoms with van der Waals surface area (Å²) in [6.07, 6.45) is 2.25. The predicted octanol–water partition coefficient (Wildman–Crippen LogP) is 4.42. The zero-order valence-corrected chi connectivity index (χ0v) is 17.5. The summed E-state index contributed by atoms with van der Waals surface area (Å²) in [5.74, 6) is -0.401. The van der Waals surface area contributed by atoms with Gasteiger partial charge in [0.15, 0.2) is 17.6 Å². The van der Waals surface area contributed by atoms with Gasteiger partial charge in [0.25, 0.3) is 5.91 Å². The van der Waals surface area contributed by atoms with Crippen molar-refractivity contribution in [2.75, 3.05) is 19.0 Å². The van der Waals surface area contributed by atoms with Crippen LogP contribution in [0.3, 0.4) is 0 Å². The third kappa shape index (κ3) is 4.82. The van der Waals surface area contributed by atoms with Crippen molar-refractivity contribution < 1.29 is 23.8 Å². The van der Waals surface area contributed by atoms with E-state index >= 15 is 0 Å². The van der Waals surface area contributed by atoms with Crippen LogP contribution >= 0.6 is 11.6 Å². The van der Waals surface area contributed by atoms with Crippen LogP contribution in [0.5, 0.6) is 11.5 Å². The fourth-order valence-corrected chi connectivity index (χ4v) is 3.56. The third-order valence-electron chi connectivity index (χ3n) is 4.77. The van der Waals surface area contributed by atoms with Gasteiger partial charge in [-0.15, -0.1) is 0 Å². The number of nitrogens with one attached hydrogen (secondary N) is 1. The van der Waals surface area contributed by atoms with E-state index in [2.05, 4.69) is 5.32 Å². The Hall–Kier alpha value is -2.73. The van der Waals surface area contributed by atoms with E-state index in [1.165, 1.54) is 37.3 Å². The van der Waals surface area contributed by atoms with Gasteiger partial charge in [0.2, 0.25) is 0 Å². The zero-order chi connectivity index (χ0) is 21.0. The van der Waals surface area contributed by atoms with Crippen LogP contribution in [-0.2, 0) is 22.4 Å². The number of anilines is 1. The number of fused-ring (bicyclic) bond motifs is 1. The maximum atomic E-state index is 12.5. The molecule has 1 N–H and O–H groups in total. The number of carbonyl (C=O) groups is 2. The molecule has 0 radical (unpaired) electrons. The first-order chi connectivity index (χ1) is 13.9. The topological polar surface area (TPSA) is 73.9 Å². The number of benzene rings is 2. The number of amides is 1. The molecule has 29 heavy (non-hydrogen) atoms. The van der Waals surface area contributed by atoms with Gasteiger partial charge in [-0.2, -0.15) is 0 Å². The van der Waals surface area contributed by atoms with Gasteiger partial charge in [0.05, 0.1) is 24.3 Å². The number of rotatable bonds is 7. The quantitative estimate of drug-likeness (QED) is 0.675. The Morgan fingerprint density at radius 2 is 1.93 bits per heavy atom. The van der Waals surface area contributed by atoms with Crippen molar-refractivity contribution in [3.05, 3.63) is 52.0 Å². The molecule has 0 aromatic heterocycles. The van der Waals surface area contributed by atoms with Crippen molar-refractivity contribution in [2.24, 2.45) is 0 Å². The second kappa shape index (κ2) is 9.18. The highest BCUT2D eigenvalue weighted by molar-refractivity contribution is 6.32. The number of halogens is 1. The van der Waals surface area contributed by atoms with Crippen LogP contribution in [0, 0.1) is 0 Å². The summed E-state index contributed by atoms with van der Waals surface area (Å²) < 4.78 is 16.0. The lowest BCUT2D eigenvalue weighted by molar-refractivity contribution is -0.123. The first-order valence-electron chi connectivity index (χ1n) is 9.57. The molecule has 1 aliphatic carbocycles. The number of hydrogen-bond donors (Lipinski definition) is 1. The summed E-state index contributed by atoms with van der Waals surface area (Å²) in [5, 5.41) is 3.03. The zero-order valence-electron chi connectivity index (χ0n) is 16.7. The molecule has 0 bridgehead atoms. The molecule has 0 saturated heterocycles. The fourth-order valence-electron chi connectivity index (χ4n) is 3.30. The van der Waals surface area contributed by atoms with E-state index in [0.717, 1.165) is 19.3 Å². The van der Waals surface area contributed by atoms with Gasteiger partial charge in [0.1, 0.15) is 0 Å². The van der Waals surface area contributed by atoms with Gasteiger partial charge in [-0.25, -0.2) is 4.79 Å². The average molecular weight is 418 g/mol. The first kappa shape index (κ1) is 21.0. The normalized spacial score (nSPS) is 13.4. The molecule has 0 aliphatic heterocycles. The third-order valence-corrected chi connectivity index (χ3v) is 5.05. The standard InChI is InChI=1S/C22H24ClNO5/c1-4-28-20-18(23)11-16(12-19(20)27-3)22(26)29-13(2)21(25)24-17-9-8-14-6-5-7-15(14)10-17/h8-13H,4-7H2,1-3H3,(H,24,25)/t13-/m0/s1. The van der Waals surface area contributed by atoms with E-state index in [4.69, 9.17) is 25.8 Å². The molecule has 3 rings (SSSR count). The lowest BCUT2D eigenvalue weighted by atomic mass is 10.1. The molecule has 0 fully saturated rings. The van der Waals surface area contributed by atoms with Crippen LogP contribution in [0.25, 0.3) is 0 Å². The highest BCUT2D eigenvalue weighted by Crippen LogP contribution is 2.36. The van der Waals surface area contributed by atoms with Crippen LogP contribution in [0.4, 0.5) is 5.69 Å². The Labute approximate surface area is 175 Å². The molecule has 7 heteroatoms. The van der Waals surface area contributed by atoms with E-state index in [1.807, 2.05) is 25.1 Å². The molecule has 2 aromatic carbocycles. The predicted molar refractivity (Wildman–Crippen MR) is 111 cm³/mol. The van der Waals surface area contributed by atoms with E-state index in [-0.39, 0.29) is 10.6 Å². The molecule has 1 amide bonds.